The quantitative estimate of drug-likeness (QED) is 0.317. The lowest BCUT2D eigenvalue weighted by molar-refractivity contribution is 0.0720. The number of esters is 1. The normalized spacial score (nSPS) is 12.6. The van der Waals surface area contributed by atoms with Gasteiger partial charge in [-0.15, -0.1) is 0 Å². The van der Waals surface area contributed by atoms with Crippen molar-refractivity contribution in [1.29, 1.82) is 0 Å². The number of β-amino-alcohol motifs (C(OH)–C–C–N with tert-alkyl or cyclic N) is 1. The average molecular weight is 427 g/mol. The molecule has 1 aliphatic rings. The van der Waals surface area contributed by atoms with Gasteiger partial charge in [-0.25, -0.2) is 4.79 Å². The largest absolute Gasteiger partial charge is 0.508 e. The van der Waals surface area contributed by atoms with Crippen molar-refractivity contribution in [3.05, 3.63) is 57.7 Å². The molecule has 0 radical (unpaired) electrons. The van der Waals surface area contributed by atoms with Crippen LogP contribution in [0.4, 0.5) is 0 Å². The summed E-state index contributed by atoms with van der Waals surface area (Å²) in [6, 6.07) is 3.76. The zero-order chi connectivity index (χ0) is 22.9. The van der Waals surface area contributed by atoms with Gasteiger partial charge in [0, 0.05) is 23.7 Å². The van der Waals surface area contributed by atoms with E-state index in [0.717, 1.165) is 11.6 Å². The van der Waals surface area contributed by atoms with Gasteiger partial charge in [0.2, 0.25) is 0 Å². The molecule has 0 fully saturated rings. The van der Waals surface area contributed by atoms with E-state index >= 15 is 0 Å². The first kappa shape index (κ1) is 22.2. The van der Waals surface area contributed by atoms with E-state index in [-0.39, 0.29) is 60.4 Å². The Hall–Kier alpha value is -3.52. The number of benzene rings is 2. The topological polar surface area (TPSA) is 128 Å². The Kier molecular flexibility index (Phi) is 6.21. The maximum Gasteiger partial charge on any atom is 0.347 e. The molecule has 1 aliphatic heterocycles. The lowest BCUT2D eigenvalue weighted by Gasteiger charge is -2.15. The minimum atomic E-state index is -0.884. The minimum Gasteiger partial charge on any atom is -0.508 e. The van der Waals surface area contributed by atoms with Crippen LogP contribution in [0.25, 0.3) is 0 Å². The van der Waals surface area contributed by atoms with E-state index in [4.69, 9.17) is 4.74 Å². The van der Waals surface area contributed by atoms with Crippen LogP contribution in [-0.4, -0.2) is 50.4 Å². The number of aliphatic hydroxyl groups is 1. The van der Waals surface area contributed by atoms with Crippen molar-refractivity contribution in [2.24, 2.45) is 0 Å². The van der Waals surface area contributed by atoms with Gasteiger partial charge in [-0.1, -0.05) is 11.6 Å². The van der Waals surface area contributed by atoms with E-state index in [1.807, 2.05) is 19.9 Å². The molecule has 0 bridgehead atoms. The molecular formula is C23H25NO7. The molecule has 8 heteroatoms. The summed E-state index contributed by atoms with van der Waals surface area (Å²) in [6.07, 6.45) is 2.11. The van der Waals surface area contributed by atoms with Crippen molar-refractivity contribution >= 4 is 11.9 Å². The van der Waals surface area contributed by atoms with Gasteiger partial charge in [0.25, 0.3) is 5.91 Å². The van der Waals surface area contributed by atoms with Gasteiger partial charge in [0.1, 0.15) is 28.6 Å². The molecule has 4 N–H and O–H groups in total. The number of aromatic hydroxyl groups is 3. The molecule has 3 rings (SSSR count). The standard InChI is InChI=1S/C23H25NO7/c1-12(2)4-5-15-19(31-23(30)20-13(3)8-14(26)9-18(20)27)10-16-17(21(15)28)11-24(6-7-25)22(16)29/h4,8-10,25-28H,5-7,11H2,1-3H3. The van der Waals surface area contributed by atoms with E-state index in [0.29, 0.717) is 16.7 Å². The SMILES string of the molecule is CC(C)=CCc1c(OC(=O)c2c(C)cc(O)cc2O)cc2c(c1O)CN(CCO)C2=O. The van der Waals surface area contributed by atoms with Gasteiger partial charge in [0.05, 0.1) is 18.7 Å². The number of aliphatic hydroxyl groups excluding tert-OH is 1. The molecular weight excluding hydrogens is 402 g/mol. The molecule has 0 unspecified atom stereocenters. The van der Waals surface area contributed by atoms with Crippen LogP contribution < -0.4 is 4.74 Å². The number of amides is 1. The van der Waals surface area contributed by atoms with Gasteiger partial charge < -0.3 is 30.1 Å². The molecule has 0 saturated carbocycles. The monoisotopic (exact) mass is 427 g/mol. The highest BCUT2D eigenvalue weighted by atomic mass is 16.5. The number of carbonyl (C=O) groups is 2. The first-order valence-corrected chi connectivity index (χ1v) is 9.80. The molecule has 0 aliphatic carbocycles. The summed E-state index contributed by atoms with van der Waals surface area (Å²) in [7, 11) is 0. The Labute approximate surface area is 179 Å². The molecule has 0 aromatic heterocycles. The van der Waals surface area contributed by atoms with Gasteiger partial charge >= 0.3 is 5.97 Å². The first-order chi connectivity index (χ1) is 14.6. The van der Waals surface area contributed by atoms with Crippen molar-refractivity contribution < 1.29 is 34.8 Å². The maximum absolute atomic E-state index is 12.8. The highest BCUT2D eigenvalue weighted by Crippen LogP contribution is 2.40. The zero-order valence-corrected chi connectivity index (χ0v) is 17.6. The number of rotatable bonds is 6. The Balaban J connectivity index is 2.07. The molecule has 0 spiro atoms. The highest BCUT2D eigenvalue weighted by molar-refractivity contribution is 6.01. The van der Waals surface area contributed by atoms with Gasteiger partial charge in [-0.2, -0.15) is 0 Å². The van der Waals surface area contributed by atoms with E-state index in [1.54, 1.807) is 0 Å². The second-order valence-electron chi connectivity index (χ2n) is 7.71. The predicted octanol–water partition coefficient (Wildman–Crippen LogP) is 2.79. The fourth-order valence-corrected chi connectivity index (χ4v) is 3.58. The molecule has 1 amide bonds. The molecule has 2 aromatic rings. The van der Waals surface area contributed by atoms with Crippen LogP contribution in [0.1, 0.15) is 51.3 Å². The average Bonchev–Trinajstić information content (AvgIpc) is 2.97. The lowest BCUT2D eigenvalue weighted by atomic mass is 9.99. The lowest BCUT2D eigenvalue weighted by Crippen LogP contribution is -2.26. The molecule has 0 saturated heterocycles. The number of nitrogens with zero attached hydrogens (tertiary/aromatic N) is 1. The van der Waals surface area contributed by atoms with Crippen LogP contribution in [0.2, 0.25) is 0 Å². The van der Waals surface area contributed by atoms with Gasteiger partial charge in [-0.05, 0) is 44.9 Å². The van der Waals surface area contributed by atoms with Crippen LogP contribution in [0, 0.1) is 6.92 Å². The molecule has 31 heavy (non-hydrogen) atoms. The fourth-order valence-electron chi connectivity index (χ4n) is 3.58. The summed E-state index contributed by atoms with van der Waals surface area (Å²) in [6.45, 7) is 5.37. The Morgan fingerprint density at radius 1 is 1.19 bits per heavy atom. The number of allylic oxidation sites excluding steroid dienone is 2. The first-order valence-electron chi connectivity index (χ1n) is 9.80. The highest BCUT2D eigenvalue weighted by Gasteiger charge is 2.33. The molecule has 164 valence electrons. The smallest absolute Gasteiger partial charge is 0.347 e. The summed E-state index contributed by atoms with van der Waals surface area (Å²) >= 11 is 0. The number of hydrogen-bond donors (Lipinski definition) is 4. The number of phenols is 3. The number of carbonyl (C=O) groups excluding carboxylic acids is 2. The third kappa shape index (κ3) is 4.34. The van der Waals surface area contributed by atoms with Crippen LogP contribution in [0.15, 0.2) is 29.8 Å². The number of fused-ring (bicyclic) bond motifs is 1. The van der Waals surface area contributed by atoms with E-state index < -0.39 is 11.7 Å². The van der Waals surface area contributed by atoms with Gasteiger partial charge in [0.15, 0.2) is 0 Å². The van der Waals surface area contributed by atoms with Crippen molar-refractivity contribution in [2.75, 3.05) is 13.2 Å². The third-order valence-corrected chi connectivity index (χ3v) is 5.13. The number of ether oxygens (including phenoxy) is 1. The van der Waals surface area contributed by atoms with Crippen LogP contribution >= 0.6 is 0 Å². The van der Waals surface area contributed by atoms with Crippen LogP contribution in [-0.2, 0) is 13.0 Å². The van der Waals surface area contributed by atoms with Gasteiger partial charge in [-0.3, -0.25) is 4.79 Å². The number of hydrogen-bond acceptors (Lipinski definition) is 7. The second kappa shape index (κ2) is 8.69. The number of phenolic OH excluding ortho intramolecular Hbond substituents is 3. The van der Waals surface area contributed by atoms with Crippen molar-refractivity contribution in [1.82, 2.24) is 4.90 Å². The van der Waals surface area contributed by atoms with E-state index in [9.17, 15) is 30.0 Å². The maximum atomic E-state index is 12.8. The zero-order valence-electron chi connectivity index (χ0n) is 17.6. The summed E-state index contributed by atoms with van der Waals surface area (Å²) < 4.78 is 5.53. The second-order valence-corrected chi connectivity index (χ2v) is 7.71. The van der Waals surface area contributed by atoms with E-state index in [1.165, 1.54) is 24.0 Å². The summed E-state index contributed by atoms with van der Waals surface area (Å²) in [5, 5.41) is 39.8. The van der Waals surface area contributed by atoms with E-state index in [2.05, 4.69) is 0 Å². The number of aryl methyl sites for hydroxylation is 1. The summed E-state index contributed by atoms with van der Waals surface area (Å²) in [5.74, 6) is -2.04. The van der Waals surface area contributed by atoms with Crippen molar-refractivity contribution in [3.63, 3.8) is 0 Å². The molecule has 8 nitrogen and oxygen atoms in total. The predicted molar refractivity (Wildman–Crippen MR) is 113 cm³/mol. The fraction of sp³-hybridized carbons (Fsp3) is 0.304. The third-order valence-electron chi connectivity index (χ3n) is 5.13. The molecule has 0 atom stereocenters. The summed E-state index contributed by atoms with van der Waals surface area (Å²) in [5.41, 5.74) is 2.12. The molecule has 1 heterocycles. The summed E-state index contributed by atoms with van der Waals surface area (Å²) in [4.78, 5) is 26.9. The minimum absolute atomic E-state index is 0.00447. The van der Waals surface area contributed by atoms with Crippen molar-refractivity contribution in [2.45, 2.75) is 33.7 Å². The van der Waals surface area contributed by atoms with Crippen LogP contribution in [0.5, 0.6) is 23.0 Å². The Morgan fingerprint density at radius 2 is 1.90 bits per heavy atom. The molecule has 2 aromatic carbocycles. The Morgan fingerprint density at radius 3 is 2.52 bits per heavy atom. The van der Waals surface area contributed by atoms with Crippen molar-refractivity contribution in [3.8, 4) is 23.0 Å². The van der Waals surface area contributed by atoms with Crippen LogP contribution in [0.3, 0.4) is 0 Å². The Bertz CT molecular complexity index is 1060.